The van der Waals surface area contributed by atoms with Crippen LogP contribution < -0.4 is 0 Å². The monoisotopic (exact) mass is 348 g/mol. The number of aryl methyl sites for hydroxylation is 2. The first-order valence-corrected chi connectivity index (χ1v) is 8.90. The van der Waals surface area contributed by atoms with Crippen molar-refractivity contribution in [3.8, 4) is 5.69 Å². The van der Waals surface area contributed by atoms with Crippen LogP contribution >= 0.6 is 11.8 Å². The molecule has 4 rings (SSSR count). The number of benzene rings is 2. The summed E-state index contributed by atoms with van der Waals surface area (Å²) in [7, 11) is 0. The first-order chi connectivity index (χ1) is 12.2. The van der Waals surface area contributed by atoms with E-state index in [2.05, 4.69) is 39.6 Å². The Balaban J connectivity index is 1.60. The normalized spacial score (nSPS) is 11.1. The quantitative estimate of drug-likeness (QED) is 0.526. The van der Waals surface area contributed by atoms with E-state index in [1.165, 1.54) is 5.56 Å². The third kappa shape index (κ3) is 3.23. The lowest BCUT2D eigenvalue weighted by Gasteiger charge is -2.07. The number of hydrogen-bond donors (Lipinski definition) is 0. The zero-order valence-corrected chi connectivity index (χ0v) is 14.7. The number of para-hydroxylation sites is 2. The van der Waals surface area contributed by atoms with Crippen LogP contribution in [0.15, 0.2) is 53.7 Å². The summed E-state index contributed by atoms with van der Waals surface area (Å²) in [4.78, 5) is 9.36. The van der Waals surface area contributed by atoms with E-state index in [4.69, 9.17) is 4.98 Å². The Bertz CT molecular complexity index is 1040. The van der Waals surface area contributed by atoms with Crippen molar-refractivity contribution in [1.29, 1.82) is 0 Å². The Morgan fingerprint density at radius 1 is 0.960 bits per heavy atom. The maximum atomic E-state index is 4.73. The highest BCUT2D eigenvalue weighted by atomic mass is 32.2. The molecule has 7 heteroatoms. The molecule has 0 saturated heterocycles. The molecule has 0 aliphatic rings. The molecular formula is C18H16N6S. The van der Waals surface area contributed by atoms with Crippen molar-refractivity contribution in [2.75, 3.05) is 0 Å². The lowest BCUT2D eigenvalue weighted by atomic mass is 10.2. The molecule has 6 nitrogen and oxygen atoms in total. The van der Waals surface area contributed by atoms with Crippen LogP contribution in [0.2, 0.25) is 0 Å². The second-order valence-electron chi connectivity index (χ2n) is 5.75. The fraction of sp³-hybridized carbons (Fsp3) is 0.167. The number of hydrogen-bond acceptors (Lipinski definition) is 6. The van der Waals surface area contributed by atoms with Crippen LogP contribution in [0.1, 0.15) is 17.0 Å². The Morgan fingerprint density at radius 3 is 2.56 bits per heavy atom. The molecule has 0 atom stereocenters. The molecule has 0 unspecified atom stereocenters. The van der Waals surface area contributed by atoms with Gasteiger partial charge >= 0.3 is 0 Å². The van der Waals surface area contributed by atoms with Gasteiger partial charge in [-0.1, -0.05) is 36.0 Å². The smallest absolute Gasteiger partial charge is 0.214 e. The van der Waals surface area contributed by atoms with E-state index < -0.39 is 0 Å². The summed E-state index contributed by atoms with van der Waals surface area (Å²) in [6, 6.07) is 16.0. The number of rotatable bonds is 4. The van der Waals surface area contributed by atoms with Crippen molar-refractivity contribution in [2.24, 2.45) is 0 Å². The standard InChI is InChI=1S/C18H16N6S/c1-12-6-5-7-14(10-12)24-18(21-22-23-24)25-11-17-13(2)19-15-8-3-4-9-16(15)20-17/h3-10H,11H2,1-2H3. The third-order valence-corrected chi connectivity index (χ3v) is 4.80. The Hall–Kier alpha value is -2.80. The maximum absolute atomic E-state index is 4.73. The lowest BCUT2D eigenvalue weighted by Crippen LogP contribution is -2.01. The third-order valence-electron chi connectivity index (χ3n) is 3.87. The van der Waals surface area contributed by atoms with Gasteiger partial charge in [0.15, 0.2) is 0 Å². The molecule has 0 aliphatic heterocycles. The van der Waals surface area contributed by atoms with Gasteiger partial charge in [-0.15, -0.1) is 5.10 Å². The van der Waals surface area contributed by atoms with E-state index in [9.17, 15) is 0 Å². The number of tetrazole rings is 1. The molecule has 2 heterocycles. The van der Waals surface area contributed by atoms with Gasteiger partial charge in [-0.25, -0.2) is 9.97 Å². The highest BCUT2D eigenvalue weighted by molar-refractivity contribution is 7.98. The van der Waals surface area contributed by atoms with Crippen molar-refractivity contribution < 1.29 is 0 Å². The number of fused-ring (bicyclic) bond motifs is 1. The zero-order valence-electron chi connectivity index (χ0n) is 13.9. The molecule has 124 valence electrons. The summed E-state index contributed by atoms with van der Waals surface area (Å²) in [5.41, 5.74) is 5.82. The molecule has 0 bridgehead atoms. The summed E-state index contributed by atoms with van der Waals surface area (Å²) in [5, 5.41) is 12.8. The largest absolute Gasteiger partial charge is 0.250 e. The SMILES string of the molecule is Cc1cccc(-n2nnnc2SCc2nc3ccccc3nc2C)c1. The lowest BCUT2D eigenvalue weighted by molar-refractivity contribution is 0.755. The summed E-state index contributed by atoms with van der Waals surface area (Å²) in [6.45, 7) is 4.04. The maximum Gasteiger partial charge on any atom is 0.214 e. The molecule has 0 radical (unpaired) electrons. The molecule has 0 saturated carbocycles. The van der Waals surface area contributed by atoms with Crippen LogP contribution in [0.4, 0.5) is 0 Å². The van der Waals surface area contributed by atoms with E-state index in [1.807, 2.05) is 43.3 Å². The van der Waals surface area contributed by atoms with E-state index in [0.717, 1.165) is 33.3 Å². The van der Waals surface area contributed by atoms with Gasteiger partial charge in [0.25, 0.3) is 0 Å². The van der Waals surface area contributed by atoms with Gasteiger partial charge in [-0.05, 0) is 54.1 Å². The van der Waals surface area contributed by atoms with Crippen molar-refractivity contribution in [1.82, 2.24) is 30.2 Å². The molecule has 4 aromatic rings. The Morgan fingerprint density at radius 2 is 1.76 bits per heavy atom. The minimum atomic E-state index is 0.663. The van der Waals surface area contributed by atoms with Crippen molar-refractivity contribution in [2.45, 2.75) is 24.8 Å². The Kier molecular flexibility index (Phi) is 4.15. The first kappa shape index (κ1) is 15.7. The van der Waals surface area contributed by atoms with Gasteiger partial charge in [-0.2, -0.15) is 4.68 Å². The van der Waals surface area contributed by atoms with E-state index in [-0.39, 0.29) is 0 Å². The average molecular weight is 348 g/mol. The summed E-state index contributed by atoms with van der Waals surface area (Å²) in [5.74, 6) is 0.663. The second-order valence-corrected chi connectivity index (χ2v) is 6.69. The van der Waals surface area contributed by atoms with Crippen LogP contribution in [0.25, 0.3) is 16.7 Å². The van der Waals surface area contributed by atoms with Crippen molar-refractivity contribution in [3.05, 3.63) is 65.5 Å². The molecule has 0 spiro atoms. The summed E-state index contributed by atoms with van der Waals surface area (Å²) < 4.78 is 1.75. The topological polar surface area (TPSA) is 69.4 Å². The summed E-state index contributed by atoms with van der Waals surface area (Å²) in [6.07, 6.45) is 0. The molecule has 0 N–H and O–H groups in total. The minimum absolute atomic E-state index is 0.663. The second kappa shape index (κ2) is 6.60. The highest BCUT2D eigenvalue weighted by Gasteiger charge is 2.12. The molecule has 0 fully saturated rings. The number of nitrogens with zero attached hydrogens (tertiary/aromatic N) is 6. The molecule has 2 aromatic heterocycles. The average Bonchev–Trinajstić information content (AvgIpc) is 3.08. The van der Waals surface area contributed by atoms with Crippen LogP contribution in [0, 0.1) is 13.8 Å². The van der Waals surface area contributed by atoms with Crippen LogP contribution in [0.3, 0.4) is 0 Å². The van der Waals surface area contributed by atoms with Crippen molar-refractivity contribution >= 4 is 22.8 Å². The van der Waals surface area contributed by atoms with Crippen LogP contribution in [-0.2, 0) is 5.75 Å². The molecular weight excluding hydrogens is 332 g/mol. The van der Waals surface area contributed by atoms with Crippen molar-refractivity contribution in [3.63, 3.8) is 0 Å². The molecule has 0 aliphatic carbocycles. The minimum Gasteiger partial charge on any atom is -0.250 e. The van der Waals surface area contributed by atoms with Crippen LogP contribution in [-0.4, -0.2) is 30.2 Å². The fourth-order valence-electron chi connectivity index (χ4n) is 2.59. The first-order valence-electron chi connectivity index (χ1n) is 7.91. The molecule has 0 amide bonds. The highest BCUT2D eigenvalue weighted by Crippen LogP contribution is 2.24. The van der Waals surface area contributed by atoms with Gasteiger partial charge in [0.05, 0.1) is 28.1 Å². The van der Waals surface area contributed by atoms with E-state index in [1.54, 1.807) is 16.4 Å². The zero-order chi connectivity index (χ0) is 17.2. The predicted octanol–water partition coefficient (Wildman–Crippen LogP) is 3.51. The fourth-order valence-corrected chi connectivity index (χ4v) is 3.48. The van der Waals surface area contributed by atoms with E-state index in [0.29, 0.717) is 5.75 Å². The van der Waals surface area contributed by atoms with Gasteiger partial charge in [0.2, 0.25) is 5.16 Å². The molecule has 2 aromatic carbocycles. The molecule has 25 heavy (non-hydrogen) atoms. The summed E-state index contributed by atoms with van der Waals surface area (Å²) >= 11 is 1.55. The number of aromatic nitrogens is 6. The van der Waals surface area contributed by atoms with Gasteiger partial charge < -0.3 is 0 Å². The van der Waals surface area contributed by atoms with Crippen LogP contribution in [0.5, 0.6) is 0 Å². The number of thioether (sulfide) groups is 1. The van der Waals surface area contributed by atoms with Gasteiger partial charge in [0.1, 0.15) is 0 Å². The Labute approximate surface area is 149 Å². The van der Waals surface area contributed by atoms with E-state index >= 15 is 0 Å². The van der Waals surface area contributed by atoms with Gasteiger partial charge in [0, 0.05) is 5.75 Å². The van der Waals surface area contributed by atoms with Gasteiger partial charge in [-0.3, -0.25) is 0 Å². The predicted molar refractivity (Wildman–Crippen MR) is 97.7 cm³/mol.